The van der Waals surface area contributed by atoms with Gasteiger partial charge in [0, 0.05) is 0 Å². The standard InChI is InChI=1S/CHClO3/c2-5-1(3)4/h(H,3,4). The Morgan fingerprint density at radius 2 is 2.20 bits per heavy atom. The summed E-state index contributed by atoms with van der Waals surface area (Å²) in [5.74, 6) is 0. The lowest BCUT2D eigenvalue weighted by Crippen LogP contribution is -1.85. The maximum Gasteiger partial charge on any atom is 0.524 e. The first kappa shape index (κ1) is 4.56. The fourth-order valence-electron chi connectivity index (χ4n) is 0. The van der Waals surface area contributed by atoms with Crippen LogP contribution in [0.2, 0.25) is 0 Å². The molecule has 3 nitrogen and oxygen atoms in total. The first-order chi connectivity index (χ1) is 2.27. The Morgan fingerprint density at radius 3 is 2.20 bits per heavy atom. The molecular formula is CHClO3. The highest BCUT2D eigenvalue weighted by Gasteiger charge is 1.84. The minimum Gasteiger partial charge on any atom is -0.449 e. The van der Waals surface area contributed by atoms with Gasteiger partial charge in [0.25, 0.3) is 0 Å². The van der Waals surface area contributed by atoms with Gasteiger partial charge in [-0.25, -0.2) is 4.79 Å². The molecule has 1 N–H and O–H groups in total. The largest absolute Gasteiger partial charge is 0.524 e. The van der Waals surface area contributed by atoms with Crippen LogP contribution in [0, 0.1) is 0 Å². The molecule has 30 valence electrons. The first-order valence-electron chi connectivity index (χ1n) is 0.786. The van der Waals surface area contributed by atoms with Gasteiger partial charge in [0.05, 0.1) is 0 Å². The van der Waals surface area contributed by atoms with Crippen LogP contribution in [0.3, 0.4) is 0 Å². The summed E-state index contributed by atoms with van der Waals surface area (Å²) in [7, 11) is 0. The summed E-state index contributed by atoms with van der Waals surface area (Å²) in [6.07, 6.45) is -1.48. The molecule has 0 aromatic rings. The minimum absolute atomic E-state index is 1.48. The fourth-order valence-corrected chi connectivity index (χ4v) is 0. The second-order valence-corrected chi connectivity index (χ2v) is 0.497. The van der Waals surface area contributed by atoms with E-state index in [0.29, 0.717) is 0 Å². The van der Waals surface area contributed by atoms with E-state index in [2.05, 4.69) is 16.2 Å². The van der Waals surface area contributed by atoms with E-state index in [0.717, 1.165) is 0 Å². The molecule has 4 heteroatoms. The Balaban J connectivity index is 2.85. The normalized spacial score (nSPS) is 6.60. The molecule has 0 aliphatic carbocycles. The molecule has 0 unspecified atom stereocenters. The van der Waals surface area contributed by atoms with E-state index < -0.39 is 6.16 Å². The molecular weight excluding hydrogens is 95.5 g/mol. The second kappa shape index (κ2) is 1.84. The van der Waals surface area contributed by atoms with Gasteiger partial charge in [-0.2, -0.15) is 0 Å². The van der Waals surface area contributed by atoms with Crippen molar-refractivity contribution in [3.05, 3.63) is 0 Å². The van der Waals surface area contributed by atoms with E-state index in [9.17, 15) is 0 Å². The lowest BCUT2D eigenvalue weighted by Gasteiger charge is -1.73. The van der Waals surface area contributed by atoms with Crippen LogP contribution in [-0.2, 0) is 4.29 Å². The molecule has 0 heterocycles. The highest BCUT2D eigenvalue weighted by atomic mass is 35.5. The van der Waals surface area contributed by atoms with Crippen molar-refractivity contribution in [2.75, 3.05) is 0 Å². The summed E-state index contributed by atoms with van der Waals surface area (Å²) in [5, 5.41) is 7.37. The van der Waals surface area contributed by atoms with Crippen molar-refractivity contribution in [3.8, 4) is 0 Å². The van der Waals surface area contributed by atoms with E-state index >= 15 is 0 Å². The minimum atomic E-state index is -1.48. The number of halogens is 1. The van der Waals surface area contributed by atoms with E-state index in [1.807, 2.05) is 0 Å². The van der Waals surface area contributed by atoms with Crippen LogP contribution in [0.25, 0.3) is 0 Å². The van der Waals surface area contributed by atoms with Crippen molar-refractivity contribution in [1.29, 1.82) is 0 Å². The van der Waals surface area contributed by atoms with Gasteiger partial charge in [-0.1, -0.05) is 0 Å². The SMILES string of the molecule is O=C(O)OCl. The highest BCUT2D eigenvalue weighted by Crippen LogP contribution is 1.75. The Kier molecular flexibility index (Phi) is 1.68. The predicted molar refractivity (Wildman–Crippen MR) is 15.0 cm³/mol. The Morgan fingerprint density at radius 1 is 2.00 bits per heavy atom. The van der Waals surface area contributed by atoms with Crippen LogP contribution in [0.5, 0.6) is 0 Å². The topological polar surface area (TPSA) is 46.5 Å². The third kappa shape index (κ3) is 3.56. The van der Waals surface area contributed by atoms with Crippen molar-refractivity contribution in [1.82, 2.24) is 0 Å². The Hall–Kier alpha value is -0.440. The lowest BCUT2D eigenvalue weighted by atomic mass is 11.5. The third-order valence-corrected chi connectivity index (χ3v) is 0.198. The fraction of sp³-hybridized carbons (Fsp3) is 0. The van der Waals surface area contributed by atoms with Crippen molar-refractivity contribution in [2.24, 2.45) is 0 Å². The molecule has 0 aliphatic rings. The summed E-state index contributed by atoms with van der Waals surface area (Å²) in [4.78, 5) is 9.01. The molecule has 0 bridgehead atoms. The number of rotatable bonds is 0. The van der Waals surface area contributed by atoms with Crippen LogP contribution in [0.15, 0.2) is 0 Å². The number of hydrogen-bond donors (Lipinski definition) is 1. The lowest BCUT2D eigenvalue weighted by molar-refractivity contribution is 0.149. The molecule has 0 aliphatic heterocycles. The molecule has 0 rings (SSSR count). The monoisotopic (exact) mass is 96.0 g/mol. The van der Waals surface area contributed by atoms with Crippen molar-refractivity contribution in [3.63, 3.8) is 0 Å². The second-order valence-electron chi connectivity index (χ2n) is 0.343. The molecule has 0 radical (unpaired) electrons. The smallest absolute Gasteiger partial charge is 0.449 e. The summed E-state index contributed by atoms with van der Waals surface area (Å²) in [6.45, 7) is 0. The highest BCUT2D eigenvalue weighted by molar-refractivity contribution is 6.12. The van der Waals surface area contributed by atoms with Gasteiger partial charge in [0.2, 0.25) is 0 Å². The van der Waals surface area contributed by atoms with Gasteiger partial charge in [-0.3, -0.25) is 0 Å². The van der Waals surface area contributed by atoms with Crippen LogP contribution >= 0.6 is 11.9 Å². The van der Waals surface area contributed by atoms with Gasteiger partial charge in [0.1, 0.15) is 11.9 Å². The zero-order chi connectivity index (χ0) is 4.28. The molecule has 0 fully saturated rings. The van der Waals surface area contributed by atoms with Crippen molar-refractivity contribution < 1.29 is 14.2 Å². The molecule has 0 aromatic carbocycles. The number of carbonyl (C=O) groups is 1. The molecule has 0 amide bonds. The maximum atomic E-state index is 9.01. The summed E-state index contributed by atoms with van der Waals surface area (Å²) < 4.78 is 3.14. The van der Waals surface area contributed by atoms with Crippen LogP contribution in [-0.4, -0.2) is 11.3 Å². The molecule has 0 saturated heterocycles. The Labute approximate surface area is 33.3 Å². The van der Waals surface area contributed by atoms with Crippen molar-refractivity contribution >= 4 is 18.0 Å². The van der Waals surface area contributed by atoms with Gasteiger partial charge in [-0.15, -0.1) is 0 Å². The Bertz CT molecular complexity index is 42.2. The van der Waals surface area contributed by atoms with Crippen LogP contribution in [0.1, 0.15) is 0 Å². The van der Waals surface area contributed by atoms with E-state index in [1.54, 1.807) is 0 Å². The molecule has 0 atom stereocenters. The molecule has 5 heavy (non-hydrogen) atoms. The average Bonchev–Trinajstić information content (AvgIpc) is 1.38. The third-order valence-electron chi connectivity index (χ3n) is 0.0660. The maximum absolute atomic E-state index is 9.01. The number of carboxylic acid groups (broad SMARTS) is 1. The summed E-state index contributed by atoms with van der Waals surface area (Å²) in [5.41, 5.74) is 0. The first-order valence-corrected chi connectivity index (χ1v) is 1.09. The van der Waals surface area contributed by atoms with Crippen LogP contribution in [0.4, 0.5) is 4.79 Å². The predicted octanol–water partition coefficient (Wildman–Crippen LogP) is 0.835. The van der Waals surface area contributed by atoms with Gasteiger partial charge < -0.3 is 9.40 Å². The zero-order valence-corrected chi connectivity index (χ0v) is 2.90. The van der Waals surface area contributed by atoms with E-state index in [4.69, 9.17) is 9.90 Å². The zero-order valence-electron chi connectivity index (χ0n) is 2.14. The van der Waals surface area contributed by atoms with E-state index in [-0.39, 0.29) is 0 Å². The summed E-state index contributed by atoms with van der Waals surface area (Å²) in [6, 6.07) is 0. The van der Waals surface area contributed by atoms with Gasteiger partial charge >= 0.3 is 6.16 Å². The van der Waals surface area contributed by atoms with E-state index in [1.165, 1.54) is 0 Å². The van der Waals surface area contributed by atoms with Gasteiger partial charge in [0.15, 0.2) is 0 Å². The van der Waals surface area contributed by atoms with Crippen molar-refractivity contribution in [2.45, 2.75) is 0 Å². The number of hydrogen-bond acceptors (Lipinski definition) is 2. The van der Waals surface area contributed by atoms with Gasteiger partial charge in [-0.05, 0) is 0 Å². The molecule has 0 spiro atoms. The van der Waals surface area contributed by atoms with Crippen LogP contribution < -0.4 is 0 Å². The summed E-state index contributed by atoms with van der Waals surface area (Å²) >= 11 is 4.24. The quantitative estimate of drug-likeness (QED) is 0.486. The average molecular weight is 96.5 g/mol. The molecule has 0 aromatic heterocycles. The molecule has 0 saturated carbocycles.